The maximum Gasteiger partial charge on any atom is 0.223 e. The van der Waals surface area contributed by atoms with E-state index < -0.39 is 5.92 Å². The fourth-order valence-corrected chi connectivity index (χ4v) is 6.74. The van der Waals surface area contributed by atoms with Crippen molar-refractivity contribution in [3.8, 4) is 12.1 Å². The van der Waals surface area contributed by atoms with Crippen molar-refractivity contribution in [2.24, 2.45) is 0 Å². The van der Waals surface area contributed by atoms with E-state index in [9.17, 15) is 10.5 Å². The van der Waals surface area contributed by atoms with Crippen LogP contribution in [0.2, 0.25) is 0 Å². The predicted octanol–water partition coefficient (Wildman–Crippen LogP) is 7.42. The van der Waals surface area contributed by atoms with Gasteiger partial charge in [0.1, 0.15) is 29.2 Å². The molecule has 5 heterocycles. The zero-order valence-electron chi connectivity index (χ0n) is 30.3. The molecule has 1 atom stereocenters. The summed E-state index contributed by atoms with van der Waals surface area (Å²) >= 11 is 0. The van der Waals surface area contributed by atoms with E-state index in [2.05, 4.69) is 69.8 Å². The van der Waals surface area contributed by atoms with Gasteiger partial charge in [-0.3, -0.25) is 4.98 Å². The van der Waals surface area contributed by atoms with Crippen molar-refractivity contribution in [2.75, 3.05) is 27.8 Å². The van der Waals surface area contributed by atoms with Crippen molar-refractivity contribution in [3.05, 3.63) is 126 Å². The Morgan fingerprint density at radius 1 is 0.870 bits per heavy atom. The van der Waals surface area contributed by atoms with E-state index in [1.807, 2.05) is 73.7 Å². The number of fused-ring (bicyclic) bond motifs is 2. The van der Waals surface area contributed by atoms with Gasteiger partial charge in [0.05, 0.1) is 39.9 Å². The Balaban J connectivity index is 0.000000168. The van der Waals surface area contributed by atoms with Gasteiger partial charge in [0, 0.05) is 49.8 Å². The highest BCUT2D eigenvalue weighted by Gasteiger charge is 2.24. The lowest BCUT2D eigenvalue weighted by atomic mass is 10.1. The van der Waals surface area contributed by atoms with Crippen LogP contribution in [0.5, 0.6) is 0 Å². The fourth-order valence-electron chi connectivity index (χ4n) is 6.74. The molecule has 1 unspecified atom stereocenters. The summed E-state index contributed by atoms with van der Waals surface area (Å²) in [6.45, 7) is 5.37. The van der Waals surface area contributed by atoms with Gasteiger partial charge in [-0.05, 0) is 74.7 Å². The Bertz CT molecular complexity index is 2320. The van der Waals surface area contributed by atoms with Crippen molar-refractivity contribution in [1.82, 2.24) is 34.5 Å². The number of nitrogens with zero attached hydrogens (tertiary/aromatic N) is 9. The molecule has 8 rings (SSSR count). The van der Waals surface area contributed by atoms with Crippen LogP contribution in [0.1, 0.15) is 67.0 Å². The first kappa shape index (κ1) is 35.5. The number of nitriles is 2. The summed E-state index contributed by atoms with van der Waals surface area (Å²) in [6, 6.07) is 28.5. The fraction of sp³-hybridized carbons (Fsp3) is 0.268. The number of aryl methyl sites for hydroxylation is 2. The van der Waals surface area contributed by atoms with Crippen LogP contribution in [0.25, 0.3) is 16.6 Å². The molecule has 0 amide bonds. The number of benzene rings is 2. The van der Waals surface area contributed by atoms with Crippen LogP contribution in [-0.4, -0.2) is 47.1 Å². The van der Waals surface area contributed by atoms with E-state index in [1.54, 1.807) is 24.7 Å². The van der Waals surface area contributed by atoms with Crippen LogP contribution in [-0.2, 0) is 13.0 Å². The van der Waals surface area contributed by atoms with Gasteiger partial charge < -0.3 is 25.8 Å². The molecule has 1 aliphatic carbocycles. The van der Waals surface area contributed by atoms with E-state index in [0.29, 0.717) is 53.1 Å². The second kappa shape index (κ2) is 16.7. The van der Waals surface area contributed by atoms with Crippen molar-refractivity contribution < 1.29 is 0 Å². The van der Waals surface area contributed by atoms with E-state index >= 15 is 0 Å². The van der Waals surface area contributed by atoms with Gasteiger partial charge in [-0.15, -0.1) is 0 Å². The third kappa shape index (κ3) is 7.96. The predicted molar refractivity (Wildman–Crippen MR) is 210 cm³/mol. The average molecular weight is 716 g/mol. The van der Waals surface area contributed by atoms with E-state index in [4.69, 9.17) is 4.98 Å². The summed E-state index contributed by atoms with van der Waals surface area (Å²) in [5.41, 5.74) is 7.48. The van der Waals surface area contributed by atoms with Crippen molar-refractivity contribution in [3.63, 3.8) is 0 Å². The number of allylic oxidation sites excluding steroid dienone is 1. The highest BCUT2D eigenvalue weighted by Crippen LogP contribution is 2.34. The first-order valence-electron chi connectivity index (χ1n) is 18.2. The zero-order valence-corrected chi connectivity index (χ0v) is 30.3. The van der Waals surface area contributed by atoms with E-state index in [1.165, 1.54) is 12.8 Å². The normalized spacial score (nSPS) is 13.7. The number of hydrogen-bond donors (Lipinski definition) is 4. The summed E-state index contributed by atoms with van der Waals surface area (Å²) < 4.78 is 2.07. The van der Waals surface area contributed by atoms with E-state index in [0.717, 1.165) is 59.5 Å². The molecule has 54 heavy (non-hydrogen) atoms. The van der Waals surface area contributed by atoms with Crippen molar-refractivity contribution in [1.29, 1.82) is 10.5 Å². The van der Waals surface area contributed by atoms with Crippen molar-refractivity contribution in [2.45, 2.75) is 64.5 Å². The van der Waals surface area contributed by atoms with E-state index in [-0.39, 0.29) is 0 Å². The molecule has 270 valence electrons. The molecule has 0 spiro atoms. The highest BCUT2D eigenvalue weighted by atomic mass is 15.2. The van der Waals surface area contributed by atoms with Gasteiger partial charge in [0.25, 0.3) is 0 Å². The van der Waals surface area contributed by atoms with Crippen LogP contribution in [0.15, 0.2) is 97.2 Å². The number of nitrogens with one attached hydrogen (secondary N) is 4. The molecule has 6 aromatic rings. The first-order chi connectivity index (χ1) is 26.5. The first-order valence-corrected chi connectivity index (χ1v) is 18.2. The summed E-state index contributed by atoms with van der Waals surface area (Å²) in [5.74, 6) is 1.89. The Hall–Kier alpha value is -6.86. The Morgan fingerprint density at radius 2 is 1.63 bits per heavy atom. The van der Waals surface area contributed by atoms with Gasteiger partial charge in [0.15, 0.2) is 0 Å². The number of aromatic nitrogens is 7. The minimum absolute atomic E-state index is 0.431. The third-order valence-corrected chi connectivity index (χ3v) is 9.46. The minimum atomic E-state index is -0.568. The lowest BCUT2D eigenvalue weighted by Gasteiger charge is -2.14. The quantitative estimate of drug-likeness (QED) is 0.103. The van der Waals surface area contributed by atoms with Crippen LogP contribution in [0.3, 0.4) is 0 Å². The molecule has 0 radical (unpaired) electrons. The Kier molecular flexibility index (Phi) is 11.0. The molecular weight excluding hydrogens is 675 g/mol. The maximum atomic E-state index is 9.90. The van der Waals surface area contributed by atoms with Gasteiger partial charge >= 0.3 is 0 Å². The Morgan fingerprint density at radius 3 is 2.35 bits per heavy atom. The van der Waals surface area contributed by atoms with Crippen LogP contribution in [0.4, 0.5) is 23.3 Å². The maximum absolute atomic E-state index is 9.90. The second-order valence-electron chi connectivity index (χ2n) is 13.1. The third-order valence-electron chi connectivity index (χ3n) is 9.46. The number of imidazole rings is 1. The summed E-state index contributed by atoms with van der Waals surface area (Å²) in [4.78, 5) is 26.9. The molecule has 13 heteroatoms. The summed E-state index contributed by atoms with van der Waals surface area (Å²) in [7, 11) is 0. The molecule has 2 aromatic carbocycles. The van der Waals surface area contributed by atoms with Gasteiger partial charge in [0.2, 0.25) is 11.9 Å². The smallest absolute Gasteiger partial charge is 0.223 e. The van der Waals surface area contributed by atoms with Crippen LogP contribution < -0.4 is 21.3 Å². The van der Waals surface area contributed by atoms with Crippen molar-refractivity contribution >= 4 is 39.9 Å². The molecule has 2 aliphatic rings. The number of pyridine rings is 1. The standard InChI is InChI=1S/C22H21N7.C19H20N6/c1-2-29-20-9-4-3-8-19(20)27-21(29)17(15-23)18-11-14-26-22(28-18)25-13-10-16-7-5-6-12-24-16;1-12-11-21-19(22-13-6-2-3-7-13)25-17(12)14(10-20)18-23-15-8-4-5-9-16(15)24-18/h3-9,11-12,14,17H,2,10,13H2,1H3,(H,25,26,28);4-5,8-9,11,13,23-24H,2-3,6-7H2,1H3,(H,21,22,25). The summed E-state index contributed by atoms with van der Waals surface area (Å²) in [5, 5.41) is 32.8. The highest BCUT2D eigenvalue weighted by molar-refractivity contribution is 5.90. The lowest BCUT2D eigenvalue weighted by Crippen LogP contribution is -2.17. The van der Waals surface area contributed by atoms with Gasteiger partial charge in [-0.2, -0.15) is 10.5 Å². The average Bonchev–Trinajstić information content (AvgIpc) is 3.97. The Labute approximate surface area is 314 Å². The number of hydrogen-bond acceptors (Lipinski definition) is 12. The monoisotopic (exact) mass is 715 g/mol. The molecule has 1 aliphatic heterocycles. The number of para-hydroxylation sites is 4. The topological polar surface area (TPSA) is 178 Å². The second-order valence-corrected chi connectivity index (χ2v) is 13.1. The molecule has 4 aromatic heterocycles. The SMILES string of the molecule is CCn1c(C(C#N)c2ccnc(NCCc3ccccn3)n2)nc2ccccc21.Cc1cnc(NC2CCCC2)nc1C(C#N)=C1Nc2ccccc2N1. The number of anilines is 4. The molecule has 0 bridgehead atoms. The molecule has 1 fully saturated rings. The molecule has 1 saturated carbocycles. The minimum Gasteiger partial charge on any atom is -0.354 e. The summed E-state index contributed by atoms with van der Waals surface area (Å²) in [6.07, 6.45) is 10.8. The molecule has 13 nitrogen and oxygen atoms in total. The molecule has 0 saturated heterocycles. The van der Waals surface area contributed by atoms with Crippen LogP contribution in [0, 0.1) is 29.6 Å². The molecular formula is C41H41N13. The molecule has 4 N–H and O–H groups in total. The zero-order chi connectivity index (χ0) is 37.3. The van der Waals surface area contributed by atoms with Gasteiger partial charge in [-0.1, -0.05) is 43.2 Å². The lowest BCUT2D eigenvalue weighted by molar-refractivity contribution is 0.704. The van der Waals surface area contributed by atoms with Crippen LogP contribution >= 0.6 is 0 Å². The van der Waals surface area contributed by atoms with Gasteiger partial charge in [-0.25, -0.2) is 24.9 Å². The largest absolute Gasteiger partial charge is 0.354 e. The number of rotatable bonds is 10.